The zero-order chi connectivity index (χ0) is 15.4. The number of carbonyl (C=O) groups is 1. The van der Waals surface area contributed by atoms with Gasteiger partial charge in [-0.3, -0.25) is 4.79 Å². The SMILES string of the molecule is CCOc1cccc(N)c1C(=O)Nc1cc(F)ccc1F. The van der Waals surface area contributed by atoms with E-state index in [2.05, 4.69) is 5.32 Å². The topological polar surface area (TPSA) is 64.3 Å². The van der Waals surface area contributed by atoms with E-state index in [0.29, 0.717) is 6.61 Å². The van der Waals surface area contributed by atoms with Crippen molar-refractivity contribution in [2.75, 3.05) is 17.7 Å². The van der Waals surface area contributed by atoms with E-state index in [1.165, 1.54) is 6.07 Å². The van der Waals surface area contributed by atoms with Crippen LogP contribution in [0.3, 0.4) is 0 Å². The predicted molar refractivity (Wildman–Crippen MR) is 76.3 cm³/mol. The van der Waals surface area contributed by atoms with Crippen LogP contribution in [0, 0.1) is 11.6 Å². The van der Waals surface area contributed by atoms with Crippen molar-refractivity contribution in [1.82, 2.24) is 0 Å². The third kappa shape index (κ3) is 3.28. The van der Waals surface area contributed by atoms with Gasteiger partial charge in [-0.1, -0.05) is 6.07 Å². The Hall–Kier alpha value is -2.63. The summed E-state index contributed by atoms with van der Waals surface area (Å²) in [4.78, 5) is 12.2. The maximum absolute atomic E-state index is 13.6. The highest BCUT2D eigenvalue weighted by Gasteiger charge is 2.17. The summed E-state index contributed by atoms with van der Waals surface area (Å²) in [6.07, 6.45) is 0. The van der Waals surface area contributed by atoms with Gasteiger partial charge in [-0.2, -0.15) is 0 Å². The van der Waals surface area contributed by atoms with Crippen LogP contribution in [0.25, 0.3) is 0 Å². The smallest absolute Gasteiger partial charge is 0.261 e. The molecule has 110 valence electrons. The van der Waals surface area contributed by atoms with Gasteiger partial charge in [-0.15, -0.1) is 0 Å². The average Bonchev–Trinajstić information content (AvgIpc) is 2.43. The summed E-state index contributed by atoms with van der Waals surface area (Å²) in [5.74, 6) is -1.78. The molecular weight excluding hydrogens is 278 g/mol. The molecule has 2 aromatic carbocycles. The van der Waals surface area contributed by atoms with Crippen molar-refractivity contribution >= 4 is 17.3 Å². The molecule has 2 aromatic rings. The first-order valence-electron chi connectivity index (χ1n) is 6.30. The van der Waals surface area contributed by atoms with Crippen LogP contribution in [0.5, 0.6) is 5.75 Å². The van der Waals surface area contributed by atoms with Gasteiger partial charge in [0, 0.05) is 11.8 Å². The summed E-state index contributed by atoms with van der Waals surface area (Å²) in [6, 6.07) is 7.54. The molecule has 6 heteroatoms. The van der Waals surface area contributed by atoms with Crippen molar-refractivity contribution in [3.05, 3.63) is 53.6 Å². The molecule has 0 aromatic heterocycles. The van der Waals surface area contributed by atoms with Crippen molar-refractivity contribution in [2.24, 2.45) is 0 Å². The fraction of sp³-hybridized carbons (Fsp3) is 0.133. The number of carbonyl (C=O) groups excluding carboxylic acids is 1. The van der Waals surface area contributed by atoms with Crippen LogP contribution in [0.15, 0.2) is 36.4 Å². The number of hydrogen-bond donors (Lipinski definition) is 2. The molecule has 0 spiro atoms. The molecule has 0 radical (unpaired) electrons. The second kappa shape index (κ2) is 6.21. The van der Waals surface area contributed by atoms with Gasteiger partial charge in [-0.25, -0.2) is 8.78 Å². The lowest BCUT2D eigenvalue weighted by molar-refractivity contribution is 0.102. The fourth-order valence-corrected chi connectivity index (χ4v) is 1.84. The molecule has 21 heavy (non-hydrogen) atoms. The molecule has 0 aliphatic rings. The molecule has 2 rings (SSSR count). The van der Waals surface area contributed by atoms with E-state index in [0.717, 1.165) is 18.2 Å². The lowest BCUT2D eigenvalue weighted by Crippen LogP contribution is -2.16. The number of hydrogen-bond acceptors (Lipinski definition) is 3. The van der Waals surface area contributed by atoms with E-state index in [1.54, 1.807) is 19.1 Å². The monoisotopic (exact) mass is 292 g/mol. The van der Waals surface area contributed by atoms with Gasteiger partial charge >= 0.3 is 0 Å². The van der Waals surface area contributed by atoms with Crippen molar-refractivity contribution in [2.45, 2.75) is 6.92 Å². The zero-order valence-electron chi connectivity index (χ0n) is 11.3. The minimum atomic E-state index is -0.739. The molecule has 1 amide bonds. The first-order valence-corrected chi connectivity index (χ1v) is 6.30. The summed E-state index contributed by atoms with van der Waals surface area (Å²) < 4.78 is 32.0. The summed E-state index contributed by atoms with van der Waals surface area (Å²) in [7, 11) is 0. The zero-order valence-corrected chi connectivity index (χ0v) is 11.3. The van der Waals surface area contributed by atoms with Crippen LogP contribution < -0.4 is 15.8 Å². The summed E-state index contributed by atoms with van der Waals surface area (Å²) in [5.41, 5.74) is 5.78. The van der Waals surface area contributed by atoms with E-state index in [9.17, 15) is 13.6 Å². The van der Waals surface area contributed by atoms with Crippen LogP contribution in [0.4, 0.5) is 20.2 Å². The number of anilines is 2. The van der Waals surface area contributed by atoms with Crippen LogP contribution in [0.2, 0.25) is 0 Å². The van der Waals surface area contributed by atoms with Crippen LogP contribution in [-0.2, 0) is 0 Å². The predicted octanol–water partition coefficient (Wildman–Crippen LogP) is 3.20. The second-order valence-corrected chi connectivity index (χ2v) is 4.23. The third-order valence-corrected chi connectivity index (χ3v) is 2.76. The van der Waals surface area contributed by atoms with Crippen LogP contribution in [-0.4, -0.2) is 12.5 Å². The lowest BCUT2D eigenvalue weighted by Gasteiger charge is -2.13. The van der Waals surface area contributed by atoms with Crippen molar-refractivity contribution in [3.8, 4) is 5.75 Å². The Morgan fingerprint density at radius 3 is 2.76 bits per heavy atom. The molecule has 0 heterocycles. The Bertz CT molecular complexity index is 675. The molecule has 3 N–H and O–H groups in total. The normalized spacial score (nSPS) is 10.2. The average molecular weight is 292 g/mol. The molecule has 0 saturated carbocycles. The van der Waals surface area contributed by atoms with E-state index < -0.39 is 17.5 Å². The Morgan fingerprint density at radius 2 is 2.05 bits per heavy atom. The Labute approximate surface area is 120 Å². The molecule has 4 nitrogen and oxygen atoms in total. The van der Waals surface area contributed by atoms with E-state index in [-0.39, 0.29) is 22.7 Å². The number of nitrogen functional groups attached to an aromatic ring is 1. The number of ether oxygens (including phenoxy) is 1. The molecule has 0 unspecified atom stereocenters. The number of nitrogens with one attached hydrogen (secondary N) is 1. The lowest BCUT2D eigenvalue weighted by atomic mass is 10.1. The standard InChI is InChI=1S/C15H14F2N2O2/c1-2-21-13-5-3-4-11(18)14(13)15(20)19-12-8-9(16)6-7-10(12)17/h3-8H,2,18H2,1H3,(H,19,20). The first-order chi connectivity index (χ1) is 10.0. The Kier molecular flexibility index (Phi) is 4.37. The molecule has 0 saturated heterocycles. The first kappa shape index (κ1) is 14.8. The van der Waals surface area contributed by atoms with Gasteiger partial charge in [-0.05, 0) is 31.2 Å². The van der Waals surface area contributed by atoms with Gasteiger partial charge in [0.15, 0.2) is 0 Å². The van der Waals surface area contributed by atoms with Crippen LogP contribution in [0.1, 0.15) is 17.3 Å². The van der Waals surface area contributed by atoms with Gasteiger partial charge in [0.1, 0.15) is 22.9 Å². The highest BCUT2D eigenvalue weighted by Crippen LogP contribution is 2.26. The molecule has 0 atom stereocenters. The molecular formula is C15H14F2N2O2. The highest BCUT2D eigenvalue weighted by molar-refractivity contribution is 6.09. The van der Waals surface area contributed by atoms with Crippen molar-refractivity contribution in [3.63, 3.8) is 0 Å². The Morgan fingerprint density at radius 1 is 1.29 bits per heavy atom. The Balaban J connectivity index is 2.34. The maximum atomic E-state index is 13.6. The van der Waals surface area contributed by atoms with Crippen LogP contribution >= 0.6 is 0 Å². The van der Waals surface area contributed by atoms with Gasteiger partial charge < -0.3 is 15.8 Å². The largest absolute Gasteiger partial charge is 0.493 e. The molecule has 0 aliphatic heterocycles. The number of nitrogens with two attached hydrogens (primary N) is 1. The molecule has 0 bridgehead atoms. The molecule has 0 aliphatic carbocycles. The maximum Gasteiger partial charge on any atom is 0.261 e. The summed E-state index contributed by atoms with van der Waals surface area (Å²) in [5, 5.41) is 2.29. The second-order valence-electron chi connectivity index (χ2n) is 4.23. The number of benzene rings is 2. The molecule has 0 fully saturated rings. The van der Waals surface area contributed by atoms with Crippen molar-refractivity contribution < 1.29 is 18.3 Å². The quantitative estimate of drug-likeness (QED) is 0.851. The third-order valence-electron chi connectivity index (χ3n) is 2.76. The summed E-state index contributed by atoms with van der Waals surface area (Å²) in [6.45, 7) is 2.11. The van der Waals surface area contributed by atoms with Gasteiger partial charge in [0.2, 0.25) is 0 Å². The van der Waals surface area contributed by atoms with Gasteiger partial charge in [0.05, 0.1) is 12.3 Å². The highest BCUT2D eigenvalue weighted by atomic mass is 19.1. The van der Waals surface area contributed by atoms with E-state index >= 15 is 0 Å². The minimum Gasteiger partial charge on any atom is -0.493 e. The number of rotatable bonds is 4. The number of halogens is 2. The minimum absolute atomic E-state index is 0.0861. The van der Waals surface area contributed by atoms with E-state index in [1.807, 2.05) is 0 Å². The number of amides is 1. The van der Waals surface area contributed by atoms with Gasteiger partial charge in [0.25, 0.3) is 5.91 Å². The fourth-order valence-electron chi connectivity index (χ4n) is 1.84. The van der Waals surface area contributed by atoms with Crippen molar-refractivity contribution in [1.29, 1.82) is 0 Å². The summed E-state index contributed by atoms with van der Waals surface area (Å²) >= 11 is 0. The van der Waals surface area contributed by atoms with E-state index in [4.69, 9.17) is 10.5 Å².